The van der Waals surface area contributed by atoms with Gasteiger partial charge in [0.2, 0.25) is 0 Å². The quantitative estimate of drug-likeness (QED) is 0.787. The fraction of sp³-hybridized carbons (Fsp3) is 0.455. The molecule has 1 aromatic carbocycles. The van der Waals surface area contributed by atoms with Gasteiger partial charge in [-0.25, -0.2) is 0 Å². The highest BCUT2D eigenvalue weighted by Gasteiger charge is 2.16. The van der Waals surface area contributed by atoms with E-state index in [0.717, 1.165) is 5.56 Å². The van der Waals surface area contributed by atoms with Crippen LogP contribution in [0.25, 0.3) is 0 Å². The highest BCUT2D eigenvalue weighted by atomic mass is 79.9. The van der Waals surface area contributed by atoms with E-state index in [1.165, 1.54) is 0 Å². The summed E-state index contributed by atoms with van der Waals surface area (Å²) in [4.78, 5) is 0. The van der Waals surface area contributed by atoms with Crippen molar-refractivity contribution >= 4 is 15.9 Å². The van der Waals surface area contributed by atoms with Crippen molar-refractivity contribution in [2.45, 2.75) is 25.9 Å². The first-order valence-corrected chi connectivity index (χ1v) is 5.58. The van der Waals surface area contributed by atoms with Crippen LogP contribution in [0.4, 0.5) is 0 Å². The topological polar surface area (TPSA) is 52.5 Å². The molecular weight excluding hydrogens is 258 g/mol. The Kier molecular flexibility index (Phi) is 4.13. The fourth-order valence-electron chi connectivity index (χ4n) is 1.09. The van der Waals surface area contributed by atoms with Crippen molar-refractivity contribution in [2.24, 2.45) is 0 Å². The van der Waals surface area contributed by atoms with E-state index >= 15 is 0 Å². The van der Waals surface area contributed by atoms with Crippen molar-refractivity contribution in [1.29, 1.82) is 0 Å². The van der Waals surface area contributed by atoms with Gasteiger partial charge in [0, 0.05) is 17.6 Å². The Balaban J connectivity index is 2.70. The second-order valence-electron chi connectivity index (χ2n) is 4.14. The van der Waals surface area contributed by atoms with E-state index < -0.39 is 0 Å². The van der Waals surface area contributed by atoms with Crippen LogP contribution in [0.1, 0.15) is 19.4 Å². The molecule has 0 radical (unpaired) electrons. The molecule has 0 saturated heterocycles. The highest BCUT2D eigenvalue weighted by molar-refractivity contribution is 9.10. The van der Waals surface area contributed by atoms with E-state index in [0.29, 0.717) is 11.0 Å². The van der Waals surface area contributed by atoms with Gasteiger partial charge in [-0.05, 0) is 35.8 Å². The molecule has 0 atom stereocenters. The molecule has 3 nitrogen and oxygen atoms in total. The zero-order chi connectivity index (χ0) is 11.5. The van der Waals surface area contributed by atoms with Gasteiger partial charge in [-0.3, -0.25) is 0 Å². The molecule has 0 amide bonds. The molecule has 0 aliphatic carbocycles. The van der Waals surface area contributed by atoms with Crippen LogP contribution < -0.4 is 5.32 Å². The molecule has 1 aromatic rings. The Labute approximate surface area is 98.3 Å². The Hall–Kier alpha value is -0.580. The number of hydrogen-bond acceptors (Lipinski definition) is 3. The van der Waals surface area contributed by atoms with Crippen molar-refractivity contribution in [1.82, 2.24) is 5.32 Å². The second kappa shape index (κ2) is 4.96. The maximum Gasteiger partial charge on any atom is 0.134 e. The largest absolute Gasteiger partial charge is 0.506 e. The molecule has 0 saturated carbocycles. The smallest absolute Gasteiger partial charge is 0.134 e. The molecule has 84 valence electrons. The van der Waals surface area contributed by atoms with Crippen LogP contribution in [-0.4, -0.2) is 22.4 Å². The predicted octanol–water partition coefficient (Wildman–Crippen LogP) is 2.02. The molecule has 3 N–H and O–H groups in total. The summed E-state index contributed by atoms with van der Waals surface area (Å²) in [7, 11) is 0. The summed E-state index contributed by atoms with van der Waals surface area (Å²) in [5, 5.41) is 21.9. The van der Waals surface area contributed by atoms with Crippen LogP contribution in [0.5, 0.6) is 5.75 Å². The van der Waals surface area contributed by atoms with Crippen molar-refractivity contribution in [3.05, 3.63) is 28.2 Å². The van der Waals surface area contributed by atoms with E-state index in [1.807, 2.05) is 26.0 Å². The third kappa shape index (κ3) is 3.48. The molecule has 0 heterocycles. The van der Waals surface area contributed by atoms with Crippen LogP contribution in [-0.2, 0) is 6.54 Å². The molecule has 0 spiro atoms. The summed E-state index contributed by atoms with van der Waals surface area (Å²) >= 11 is 3.26. The Morgan fingerprint density at radius 2 is 2.07 bits per heavy atom. The number of phenols is 1. The number of para-hydroxylation sites is 1. The lowest BCUT2D eigenvalue weighted by atomic mass is 10.1. The Morgan fingerprint density at radius 3 is 2.67 bits per heavy atom. The van der Waals surface area contributed by atoms with Gasteiger partial charge in [-0.1, -0.05) is 12.1 Å². The van der Waals surface area contributed by atoms with Gasteiger partial charge in [-0.15, -0.1) is 0 Å². The summed E-state index contributed by atoms with van der Waals surface area (Å²) in [6.07, 6.45) is 0. The first-order valence-electron chi connectivity index (χ1n) is 4.78. The monoisotopic (exact) mass is 273 g/mol. The van der Waals surface area contributed by atoms with Crippen LogP contribution in [0.2, 0.25) is 0 Å². The van der Waals surface area contributed by atoms with Crippen molar-refractivity contribution in [3.8, 4) is 5.75 Å². The third-order valence-corrected chi connectivity index (χ3v) is 2.86. The molecule has 0 aliphatic rings. The predicted molar refractivity (Wildman–Crippen MR) is 63.8 cm³/mol. The molecule has 4 heteroatoms. The summed E-state index contributed by atoms with van der Waals surface area (Å²) in [6.45, 7) is 4.39. The van der Waals surface area contributed by atoms with E-state index in [2.05, 4.69) is 21.2 Å². The van der Waals surface area contributed by atoms with Crippen LogP contribution in [0.15, 0.2) is 22.7 Å². The number of aliphatic hydroxyl groups excluding tert-OH is 1. The Bertz CT molecular complexity index is 339. The van der Waals surface area contributed by atoms with Gasteiger partial charge in [0.25, 0.3) is 0 Å². The molecule has 15 heavy (non-hydrogen) atoms. The number of aromatic hydroxyl groups is 1. The molecule has 0 aliphatic heterocycles. The van der Waals surface area contributed by atoms with Crippen molar-refractivity contribution in [3.63, 3.8) is 0 Å². The molecule has 0 fully saturated rings. The lowest BCUT2D eigenvalue weighted by molar-refractivity contribution is 0.187. The zero-order valence-electron chi connectivity index (χ0n) is 8.92. The van der Waals surface area contributed by atoms with E-state index in [-0.39, 0.29) is 17.9 Å². The fourth-order valence-corrected chi connectivity index (χ4v) is 1.50. The van der Waals surface area contributed by atoms with E-state index in [9.17, 15) is 5.11 Å². The van der Waals surface area contributed by atoms with Crippen molar-refractivity contribution < 1.29 is 10.2 Å². The molecular formula is C11H16BrNO2. The van der Waals surface area contributed by atoms with Crippen molar-refractivity contribution in [2.75, 3.05) is 6.61 Å². The maximum atomic E-state index is 9.72. The first-order chi connectivity index (χ1) is 6.96. The van der Waals surface area contributed by atoms with Gasteiger partial charge in [0.15, 0.2) is 0 Å². The number of halogens is 1. The van der Waals surface area contributed by atoms with E-state index in [1.54, 1.807) is 6.07 Å². The SMILES string of the molecule is CC(C)(CO)NCc1cccc(Br)c1O. The minimum atomic E-state index is -0.339. The number of rotatable bonds is 4. The average molecular weight is 274 g/mol. The number of benzene rings is 1. The summed E-state index contributed by atoms with van der Waals surface area (Å²) < 4.78 is 0.684. The standard InChI is InChI=1S/C11H16BrNO2/c1-11(2,7-14)13-6-8-4-3-5-9(12)10(8)15/h3-5,13-15H,6-7H2,1-2H3. The third-order valence-electron chi connectivity index (χ3n) is 2.22. The highest BCUT2D eigenvalue weighted by Crippen LogP contribution is 2.27. The normalized spacial score (nSPS) is 11.7. The van der Waals surface area contributed by atoms with E-state index in [4.69, 9.17) is 5.11 Å². The Morgan fingerprint density at radius 1 is 1.40 bits per heavy atom. The van der Waals surface area contributed by atoms with Crippen LogP contribution in [0.3, 0.4) is 0 Å². The van der Waals surface area contributed by atoms with Crippen LogP contribution in [0, 0.1) is 0 Å². The minimum absolute atomic E-state index is 0.0573. The zero-order valence-corrected chi connectivity index (χ0v) is 10.5. The summed E-state index contributed by atoms with van der Waals surface area (Å²) in [6, 6.07) is 5.50. The summed E-state index contributed by atoms with van der Waals surface area (Å²) in [5.74, 6) is 0.249. The molecule has 1 rings (SSSR count). The second-order valence-corrected chi connectivity index (χ2v) is 5.00. The molecule has 0 aromatic heterocycles. The van der Waals surface area contributed by atoms with Gasteiger partial charge in [-0.2, -0.15) is 0 Å². The average Bonchev–Trinajstić information content (AvgIpc) is 2.20. The summed E-state index contributed by atoms with van der Waals surface area (Å²) in [5.41, 5.74) is 0.472. The first kappa shape index (κ1) is 12.5. The number of hydrogen-bond donors (Lipinski definition) is 3. The number of aliphatic hydroxyl groups is 1. The maximum absolute atomic E-state index is 9.72. The number of nitrogens with one attached hydrogen (secondary N) is 1. The van der Waals surface area contributed by atoms with Gasteiger partial charge in [0.1, 0.15) is 5.75 Å². The minimum Gasteiger partial charge on any atom is -0.506 e. The number of phenolic OH excluding ortho intramolecular Hbond substituents is 1. The molecule has 0 unspecified atom stereocenters. The van der Waals surface area contributed by atoms with Gasteiger partial charge in [0.05, 0.1) is 11.1 Å². The van der Waals surface area contributed by atoms with Crippen LogP contribution >= 0.6 is 15.9 Å². The van der Waals surface area contributed by atoms with Gasteiger partial charge >= 0.3 is 0 Å². The lowest BCUT2D eigenvalue weighted by Gasteiger charge is -2.23. The van der Waals surface area contributed by atoms with Gasteiger partial charge < -0.3 is 15.5 Å². The lowest BCUT2D eigenvalue weighted by Crippen LogP contribution is -2.42. The molecule has 0 bridgehead atoms.